The molecule has 1 aromatic carbocycles. The number of benzene rings is 1. The molecule has 0 radical (unpaired) electrons. The fourth-order valence-corrected chi connectivity index (χ4v) is 4.25. The average molecular weight is 405 g/mol. The average Bonchev–Trinajstić information content (AvgIpc) is 3.20. The second-order valence-corrected chi connectivity index (χ2v) is 8.01. The zero-order valence-corrected chi connectivity index (χ0v) is 17.5. The van der Waals surface area contributed by atoms with Crippen molar-refractivity contribution < 1.29 is 9.53 Å². The van der Waals surface area contributed by atoms with Crippen molar-refractivity contribution in [2.24, 2.45) is 5.92 Å². The minimum atomic E-state index is -0.0364. The number of nitrogens with one attached hydrogen (secondary N) is 2. The molecule has 1 aliphatic carbocycles. The lowest BCUT2D eigenvalue weighted by molar-refractivity contribution is 0.0943. The van der Waals surface area contributed by atoms with Gasteiger partial charge in [-0.15, -0.1) is 0 Å². The molecule has 4 rings (SSSR count). The quantitative estimate of drug-likeness (QED) is 0.634. The smallest absolute Gasteiger partial charge is 0.253 e. The highest BCUT2D eigenvalue weighted by Crippen LogP contribution is 2.34. The number of methoxy groups -OCH3 is 1. The van der Waals surface area contributed by atoms with Gasteiger partial charge in [0.25, 0.3) is 5.91 Å². The van der Waals surface area contributed by atoms with Crippen LogP contribution in [0.1, 0.15) is 53.5 Å². The zero-order chi connectivity index (χ0) is 20.9. The second kappa shape index (κ2) is 9.11. The van der Waals surface area contributed by atoms with Crippen LogP contribution in [0.2, 0.25) is 0 Å². The van der Waals surface area contributed by atoms with Gasteiger partial charge in [0, 0.05) is 36.1 Å². The Morgan fingerprint density at radius 3 is 2.63 bits per heavy atom. The minimum absolute atomic E-state index is 0.0364. The van der Waals surface area contributed by atoms with Gasteiger partial charge in [-0.3, -0.25) is 4.79 Å². The third-order valence-corrected chi connectivity index (χ3v) is 5.90. The third-order valence-electron chi connectivity index (χ3n) is 5.90. The molecule has 1 aliphatic rings. The molecule has 1 saturated carbocycles. The molecule has 2 aromatic heterocycles. The molecule has 30 heavy (non-hydrogen) atoms. The van der Waals surface area contributed by atoms with E-state index in [4.69, 9.17) is 4.74 Å². The Balaban J connectivity index is 1.37. The van der Waals surface area contributed by atoms with Crippen LogP contribution in [0.15, 0.2) is 48.8 Å². The predicted molar refractivity (Wildman–Crippen MR) is 117 cm³/mol. The summed E-state index contributed by atoms with van der Waals surface area (Å²) in [7, 11) is 1.64. The number of H-pyrrole nitrogens is 1. The lowest BCUT2D eigenvalue weighted by Crippen LogP contribution is -2.31. The number of nitrogens with zero attached hydrogens (tertiary/aromatic N) is 2. The van der Waals surface area contributed by atoms with Gasteiger partial charge in [-0.05, 0) is 62.8 Å². The number of aromatic amines is 1. The Kier molecular flexibility index (Phi) is 6.12. The number of aromatic nitrogens is 3. The highest BCUT2D eigenvalue weighted by atomic mass is 16.5. The molecule has 0 saturated heterocycles. The number of carbonyl (C=O) groups excluding carboxylic acids is 1. The van der Waals surface area contributed by atoms with E-state index in [1.807, 2.05) is 55.7 Å². The SMILES string of the molecule is COc1cccc(-c2[nH]c(C)cc2C(=O)NCC2CCC(c3ncccn3)CC2)c1. The van der Waals surface area contributed by atoms with Crippen LogP contribution < -0.4 is 10.1 Å². The van der Waals surface area contributed by atoms with Crippen LogP contribution in [0, 0.1) is 12.8 Å². The molecule has 3 aromatic rings. The van der Waals surface area contributed by atoms with E-state index in [9.17, 15) is 4.79 Å². The van der Waals surface area contributed by atoms with Gasteiger partial charge in [0.15, 0.2) is 0 Å². The van der Waals surface area contributed by atoms with Crippen molar-refractivity contribution in [3.63, 3.8) is 0 Å². The third kappa shape index (κ3) is 4.53. The Bertz CT molecular complexity index is 991. The van der Waals surface area contributed by atoms with Crippen molar-refractivity contribution in [3.05, 3.63) is 65.9 Å². The lowest BCUT2D eigenvalue weighted by Gasteiger charge is -2.27. The molecule has 156 valence electrons. The molecular weight excluding hydrogens is 376 g/mol. The summed E-state index contributed by atoms with van der Waals surface area (Å²) in [6.07, 6.45) is 7.93. The van der Waals surface area contributed by atoms with Gasteiger partial charge in [0.05, 0.1) is 18.4 Å². The molecule has 2 N–H and O–H groups in total. The molecule has 0 atom stereocenters. The van der Waals surface area contributed by atoms with Crippen LogP contribution >= 0.6 is 0 Å². The first kappa shape index (κ1) is 20.1. The number of carbonyl (C=O) groups is 1. The normalized spacial score (nSPS) is 18.7. The summed E-state index contributed by atoms with van der Waals surface area (Å²) < 4.78 is 5.33. The van der Waals surface area contributed by atoms with Gasteiger partial charge in [-0.2, -0.15) is 0 Å². The predicted octanol–water partition coefficient (Wildman–Crippen LogP) is 4.49. The molecule has 1 fully saturated rings. The summed E-state index contributed by atoms with van der Waals surface area (Å²) >= 11 is 0. The first-order valence-corrected chi connectivity index (χ1v) is 10.5. The summed E-state index contributed by atoms with van der Waals surface area (Å²) in [4.78, 5) is 25.1. The van der Waals surface area contributed by atoms with Crippen molar-refractivity contribution in [1.29, 1.82) is 0 Å². The topological polar surface area (TPSA) is 79.9 Å². The van der Waals surface area contributed by atoms with Crippen molar-refractivity contribution in [2.45, 2.75) is 38.5 Å². The molecule has 6 heteroatoms. The minimum Gasteiger partial charge on any atom is -0.497 e. The zero-order valence-electron chi connectivity index (χ0n) is 17.5. The van der Waals surface area contributed by atoms with Crippen molar-refractivity contribution in [2.75, 3.05) is 13.7 Å². The van der Waals surface area contributed by atoms with E-state index in [-0.39, 0.29) is 5.91 Å². The van der Waals surface area contributed by atoms with Crippen LogP contribution in [0.4, 0.5) is 0 Å². The van der Waals surface area contributed by atoms with E-state index in [1.165, 1.54) is 0 Å². The number of rotatable bonds is 6. The first-order chi connectivity index (χ1) is 14.6. The van der Waals surface area contributed by atoms with E-state index in [1.54, 1.807) is 7.11 Å². The lowest BCUT2D eigenvalue weighted by atomic mass is 9.81. The van der Waals surface area contributed by atoms with Crippen LogP contribution in [0.25, 0.3) is 11.3 Å². The largest absolute Gasteiger partial charge is 0.497 e. The van der Waals surface area contributed by atoms with Gasteiger partial charge in [-0.25, -0.2) is 9.97 Å². The van der Waals surface area contributed by atoms with Crippen molar-refractivity contribution in [1.82, 2.24) is 20.3 Å². The molecule has 0 aliphatic heterocycles. The van der Waals surface area contributed by atoms with E-state index in [2.05, 4.69) is 20.3 Å². The molecular formula is C24H28N4O2. The maximum Gasteiger partial charge on any atom is 0.253 e. The Hall–Kier alpha value is -3.15. The van der Waals surface area contributed by atoms with E-state index < -0.39 is 0 Å². The summed E-state index contributed by atoms with van der Waals surface area (Å²) in [5.74, 6) is 2.61. The van der Waals surface area contributed by atoms with E-state index in [0.29, 0.717) is 23.9 Å². The molecule has 1 amide bonds. The maximum absolute atomic E-state index is 13.0. The van der Waals surface area contributed by atoms with Crippen LogP contribution in [0.3, 0.4) is 0 Å². The number of ether oxygens (including phenoxy) is 1. The van der Waals surface area contributed by atoms with Gasteiger partial charge in [0.1, 0.15) is 11.6 Å². The Morgan fingerprint density at radius 2 is 1.90 bits per heavy atom. The molecule has 0 unspecified atom stereocenters. The summed E-state index contributed by atoms with van der Waals surface area (Å²) in [6.45, 7) is 2.66. The highest BCUT2D eigenvalue weighted by molar-refractivity contribution is 6.00. The van der Waals surface area contributed by atoms with Crippen LogP contribution in [-0.2, 0) is 0 Å². The first-order valence-electron chi connectivity index (χ1n) is 10.5. The number of hydrogen-bond donors (Lipinski definition) is 2. The summed E-state index contributed by atoms with van der Waals surface area (Å²) in [5.41, 5.74) is 3.40. The van der Waals surface area contributed by atoms with Gasteiger partial charge < -0.3 is 15.0 Å². The van der Waals surface area contributed by atoms with Crippen molar-refractivity contribution in [3.8, 4) is 17.0 Å². The number of hydrogen-bond acceptors (Lipinski definition) is 4. The summed E-state index contributed by atoms with van der Waals surface area (Å²) in [5, 5.41) is 3.15. The standard InChI is InChI=1S/C24H28N4O2/c1-16-13-21(22(28-16)19-5-3-6-20(14-19)30-2)24(29)27-15-17-7-9-18(10-8-17)23-25-11-4-12-26-23/h3-6,11-14,17-18,28H,7-10,15H2,1-2H3,(H,27,29). The van der Waals surface area contributed by atoms with Gasteiger partial charge >= 0.3 is 0 Å². The maximum atomic E-state index is 13.0. The molecule has 0 spiro atoms. The monoisotopic (exact) mass is 404 g/mol. The Labute approximate surface area is 177 Å². The van der Waals surface area contributed by atoms with E-state index >= 15 is 0 Å². The number of aryl methyl sites for hydroxylation is 1. The Morgan fingerprint density at radius 1 is 1.13 bits per heavy atom. The second-order valence-electron chi connectivity index (χ2n) is 8.01. The van der Waals surface area contributed by atoms with Crippen molar-refractivity contribution >= 4 is 5.91 Å². The highest BCUT2D eigenvalue weighted by Gasteiger charge is 2.25. The van der Waals surface area contributed by atoms with Crippen LogP contribution in [-0.4, -0.2) is 34.5 Å². The molecule has 6 nitrogen and oxygen atoms in total. The van der Waals surface area contributed by atoms with Crippen LogP contribution in [0.5, 0.6) is 5.75 Å². The fourth-order valence-electron chi connectivity index (χ4n) is 4.25. The summed E-state index contributed by atoms with van der Waals surface area (Å²) in [6, 6.07) is 11.5. The molecule has 2 heterocycles. The fraction of sp³-hybridized carbons (Fsp3) is 0.375. The number of amides is 1. The van der Waals surface area contributed by atoms with Gasteiger partial charge in [-0.1, -0.05) is 12.1 Å². The molecule has 0 bridgehead atoms. The van der Waals surface area contributed by atoms with E-state index in [0.717, 1.165) is 54.2 Å². The van der Waals surface area contributed by atoms with Gasteiger partial charge in [0.2, 0.25) is 0 Å².